The van der Waals surface area contributed by atoms with Gasteiger partial charge in [0, 0.05) is 30.7 Å². The highest BCUT2D eigenvalue weighted by Crippen LogP contribution is 2.48. The van der Waals surface area contributed by atoms with Crippen LogP contribution in [0.1, 0.15) is 56.1 Å². The van der Waals surface area contributed by atoms with Gasteiger partial charge in [0.15, 0.2) is 6.35 Å². The van der Waals surface area contributed by atoms with Crippen LogP contribution in [-0.4, -0.2) is 46.9 Å². The fraction of sp³-hybridized carbons (Fsp3) is 0.556. The van der Waals surface area contributed by atoms with E-state index in [-0.39, 0.29) is 11.1 Å². The van der Waals surface area contributed by atoms with Crippen LogP contribution in [0.25, 0.3) is 0 Å². The van der Waals surface area contributed by atoms with Crippen LogP contribution in [0.15, 0.2) is 60.7 Å². The van der Waals surface area contributed by atoms with Crippen LogP contribution < -0.4 is 5.32 Å². The summed E-state index contributed by atoms with van der Waals surface area (Å²) in [5, 5.41) is 15.1. The maximum Gasteiger partial charge on any atom is 0.166 e. The molecule has 4 heteroatoms. The molecule has 2 aromatic carbocycles. The van der Waals surface area contributed by atoms with E-state index < -0.39 is 6.35 Å². The molecule has 3 fully saturated rings. The fourth-order valence-corrected chi connectivity index (χ4v) is 6.22. The first-order valence-electron chi connectivity index (χ1n) is 12.1. The van der Waals surface area contributed by atoms with Crippen molar-refractivity contribution in [1.29, 1.82) is 0 Å². The standard InChI is InChI=1S/C27H37N3O/c1-28-27(24-13-6-3-7-14-24)17-15-26(16-18-27)21-29(19-22-9-4-2-5-10-22)25(31)30(26)20-23-11-8-12-23/h2-7,9-10,13-14,23,25,28,31H,8,11-12,15-21H2,1H3/t25-,26-,27+/m0/s1. The number of hydrogen-bond donors (Lipinski definition) is 2. The van der Waals surface area contributed by atoms with Gasteiger partial charge >= 0.3 is 0 Å². The van der Waals surface area contributed by atoms with Gasteiger partial charge in [-0.1, -0.05) is 67.1 Å². The molecule has 1 saturated heterocycles. The molecule has 1 spiro atoms. The van der Waals surface area contributed by atoms with E-state index in [0.717, 1.165) is 51.2 Å². The fourth-order valence-electron chi connectivity index (χ4n) is 6.22. The first-order valence-corrected chi connectivity index (χ1v) is 12.1. The third kappa shape index (κ3) is 3.95. The monoisotopic (exact) mass is 419 g/mol. The second-order valence-corrected chi connectivity index (χ2v) is 10.1. The van der Waals surface area contributed by atoms with E-state index >= 15 is 0 Å². The van der Waals surface area contributed by atoms with Crippen molar-refractivity contribution in [3.05, 3.63) is 71.8 Å². The Hall–Kier alpha value is -1.72. The summed E-state index contributed by atoms with van der Waals surface area (Å²) < 4.78 is 0. The van der Waals surface area contributed by atoms with Crippen LogP contribution in [0.2, 0.25) is 0 Å². The molecule has 5 rings (SSSR count). The second-order valence-electron chi connectivity index (χ2n) is 10.1. The highest BCUT2D eigenvalue weighted by molar-refractivity contribution is 5.26. The summed E-state index contributed by atoms with van der Waals surface area (Å²) in [5.41, 5.74) is 2.81. The van der Waals surface area contributed by atoms with Crippen LogP contribution in [0.5, 0.6) is 0 Å². The minimum Gasteiger partial charge on any atom is -0.365 e. The molecule has 2 aromatic rings. The van der Waals surface area contributed by atoms with Crippen molar-refractivity contribution >= 4 is 0 Å². The molecule has 0 bridgehead atoms. The van der Waals surface area contributed by atoms with Crippen LogP contribution in [-0.2, 0) is 12.1 Å². The Morgan fingerprint density at radius 2 is 1.58 bits per heavy atom. The van der Waals surface area contributed by atoms with Crippen molar-refractivity contribution in [2.75, 3.05) is 20.1 Å². The molecule has 0 unspecified atom stereocenters. The molecule has 0 amide bonds. The van der Waals surface area contributed by atoms with Crippen molar-refractivity contribution in [2.24, 2.45) is 5.92 Å². The Morgan fingerprint density at radius 1 is 0.935 bits per heavy atom. The quantitative estimate of drug-likeness (QED) is 0.732. The topological polar surface area (TPSA) is 38.7 Å². The number of hydrogen-bond acceptors (Lipinski definition) is 4. The lowest BCUT2D eigenvalue weighted by atomic mass is 9.68. The zero-order valence-corrected chi connectivity index (χ0v) is 18.8. The summed E-state index contributed by atoms with van der Waals surface area (Å²) in [4.78, 5) is 4.80. The van der Waals surface area contributed by atoms with E-state index in [2.05, 4.69) is 82.8 Å². The van der Waals surface area contributed by atoms with Crippen LogP contribution in [0, 0.1) is 5.92 Å². The first kappa shape index (κ1) is 21.1. The van der Waals surface area contributed by atoms with Crippen LogP contribution in [0.3, 0.4) is 0 Å². The predicted octanol–water partition coefficient (Wildman–Crippen LogP) is 4.31. The smallest absolute Gasteiger partial charge is 0.166 e. The number of aliphatic hydroxyl groups is 1. The molecule has 4 nitrogen and oxygen atoms in total. The average Bonchev–Trinajstić information content (AvgIpc) is 3.03. The maximum absolute atomic E-state index is 11.4. The van der Waals surface area contributed by atoms with E-state index in [1.54, 1.807) is 0 Å². The van der Waals surface area contributed by atoms with E-state index in [1.807, 2.05) is 0 Å². The van der Waals surface area contributed by atoms with Gasteiger partial charge in [0.25, 0.3) is 0 Å². The van der Waals surface area contributed by atoms with Gasteiger partial charge in [-0.2, -0.15) is 0 Å². The second kappa shape index (κ2) is 8.67. The maximum atomic E-state index is 11.4. The lowest BCUT2D eigenvalue weighted by molar-refractivity contribution is -0.100. The first-order chi connectivity index (χ1) is 15.1. The van der Waals surface area contributed by atoms with Crippen molar-refractivity contribution < 1.29 is 5.11 Å². The molecular formula is C27H37N3O. The lowest BCUT2D eigenvalue weighted by Gasteiger charge is -2.50. The van der Waals surface area contributed by atoms with E-state index in [1.165, 1.54) is 30.4 Å². The van der Waals surface area contributed by atoms with Gasteiger partial charge in [0.05, 0.1) is 0 Å². The molecule has 0 aromatic heterocycles. The Morgan fingerprint density at radius 3 is 2.16 bits per heavy atom. The SMILES string of the molecule is CN[C@]1(c2ccccc2)CC[C@]2(CC1)CN(Cc1ccccc1)[C@H](O)N2CC1CCC1. The number of nitrogens with zero attached hydrogens (tertiary/aromatic N) is 2. The average molecular weight is 420 g/mol. The minimum atomic E-state index is -0.473. The molecule has 2 saturated carbocycles. The largest absolute Gasteiger partial charge is 0.365 e. The molecule has 166 valence electrons. The van der Waals surface area contributed by atoms with Crippen molar-refractivity contribution in [3.8, 4) is 0 Å². The van der Waals surface area contributed by atoms with Gasteiger partial charge in [-0.3, -0.25) is 9.80 Å². The summed E-state index contributed by atoms with van der Waals surface area (Å²) in [6.07, 6.45) is 7.99. The molecule has 1 atom stereocenters. The summed E-state index contributed by atoms with van der Waals surface area (Å²) in [5.74, 6) is 0.758. The third-order valence-corrected chi connectivity index (χ3v) is 8.46. The molecule has 3 aliphatic rings. The van der Waals surface area contributed by atoms with E-state index in [9.17, 15) is 5.11 Å². The Kier molecular flexibility index (Phi) is 5.91. The van der Waals surface area contributed by atoms with E-state index in [0.29, 0.717) is 0 Å². The highest BCUT2D eigenvalue weighted by atomic mass is 16.3. The van der Waals surface area contributed by atoms with E-state index in [4.69, 9.17) is 0 Å². The Bertz CT molecular complexity index is 843. The molecule has 31 heavy (non-hydrogen) atoms. The molecule has 1 aliphatic heterocycles. The van der Waals surface area contributed by atoms with Gasteiger partial charge < -0.3 is 10.4 Å². The zero-order valence-electron chi connectivity index (χ0n) is 18.8. The number of rotatable bonds is 6. The van der Waals surface area contributed by atoms with Gasteiger partial charge in [-0.25, -0.2) is 0 Å². The van der Waals surface area contributed by atoms with Crippen LogP contribution in [0.4, 0.5) is 0 Å². The summed E-state index contributed by atoms with van der Waals surface area (Å²) in [6, 6.07) is 21.6. The third-order valence-electron chi connectivity index (χ3n) is 8.46. The Labute approximate surface area is 187 Å². The van der Waals surface area contributed by atoms with Gasteiger partial charge in [-0.15, -0.1) is 0 Å². The molecule has 1 heterocycles. The summed E-state index contributed by atoms with van der Waals surface area (Å²) in [7, 11) is 2.11. The minimum absolute atomic E-state index is 0.0481. The number of aliphatic hydroxyl groups excluding tert-OH is 1. The molecule has 2 aliphatic carbocycles. The Balaban J connectivity index is 1.37. The normalized spacial score (nSPS) is 32.4. The highest BCUT2D eigenvalue weighted by Gasteiger charge is 2.54. The number of benzene rings is 2. The lowest BCUT2D eigenvalue weighted by Crippen LogP contribution is -2.57. The van der Waals surface area contributed by atoms with Crippen LogP contribution >= 0.6 is 0 Å². The summed E-state index contributed by atoms with van der Waals surface area (Å²) in [6.45, 7) is 2.83. The van der Waals surface area contributed by atoms with Gasteiger partial charge in [0.1, 0.15) is 0 Å². The van der Waals surface area contributed by atoms with Crippen molar-refractivity contribution in [3.63, 3.8) is 0 Å². The van der Waals surface area contributed by atoms with Gasteiger partial charge in [-0.05, 0) is 62.6 Å². The molecule has 0 radical (unpaired) electrons. The summed E-state index contributed by atoms with van der Waals surface area (Å²) >= 11 is 0. The van der Waals surface area contributed by atoms with Gasteiger partial charge in [0.2, 0.25) is 0 Å². The number of nitrogens with one attached hydrogen (secondary N) is 1. The molecule has 2 N–H and O–H groups in total. The predicted molar refractivity (Wildman–Crippen MR) is 125 cm³/mol. The zero-order chi connectivity index (χ0) is 21.3. The molecular weight excluding hydrogens is 382 g/mol. The van der Waals surface area contributed by atoms with Crippen molar-refractivity contribution in [1.82, 2.24) is 15.1 Å². The van der Waals surface area contributed by atoms with Crippen molar-refractivity contribution in [2.45, 2.75) is 68.9 Å².